The van der Waals surface area contributed by atoms with Crippen LogP contribution in [-0.2, 0) is 9.53 Å². The molecular formula is C15H14O5. The summed E-state index contributed by atoms with van der Waals surface area (Å²) in [5.41, 5.74) is 0.958. The number of fused-ring (bicyclic) bond motifs is 1. The highest BCUT2D eigenvalue weighted by atomic mass is 16.7. The number of hydrogen-bond acceptors (Lipinski definition) is 4. The van der Waals surface area contributed by atoms with Gasteiger partial charge < -0.3 is 19.3 Å². The molecule has 1 heterocycles. The first kappa shape index (κ1) is 13.7. The van der Waals surface area contributed by atoms with Crippen molar-refractivity contribution in [2.75, 3.05) is 13.9 Å². The van der Waals surface area contributed by atoms with E-state index in [4.69, 9.17) is 19.3 Å². The van der Waals surface area contributed by atoms with Gasteiger partial charge in [0, 0.05) is 0 Å². The Hall–Kier alpha value is -2.69. The van der Waals surface area contributed by atoms with E-state index in [1.54, 1.807) is 18.2 Å². The number of ether oxygens (including phenoxy) is 3. The van der Waals surface area contributed by atoms with E-state index < -0.39 is 5.97 Å². The highest BCUT2D eigenvalue weighted by Crippen LogP contribution is 2.32. The maximum atomic E-state index is 10.5. The Balaban J connectivity index is 2.01. The minimum absolute atomic E-state index is 0.250. The summed E-state index contributed by atoms with van der Waals surface area (Å²) in [7, 11) is 1.42. The van der Waals surface area contributed by atoms with Gasteiger partial charge >= 0.3 is 5.97 Å². The molecular weight excluding hydrogens is 260 g/mol. The normalized spacial score (nSPS) is 14.2. The molecule has 5 heteroatoms. The van der Waals surface area contributed by atoms with E-state index in [1.165, 1.54) is 7.11 Å². The second-order valence-corrected chi connectivity index (χ2v) is 3.92. The summed E-state index contributed by atoms with van der Waals surface area (Å²) in [5.74, 6) is 0.683. The molecule has 0 atom stereocenters. The predicted molar refractivity (Wildman–Crippen MR) is 73.5 cm³/mol. The van der Waals surface area contributed by atoms with Crippen LogP contribution in [0.2, 0.25) is 0 Å². The minimum Gasteiger partial charge on any atom is -0.496 e. The molecule has 1 aromatic carbocycles. The van der Waals surface area contributed by atoms with Crippen molar-refractivity contribution < 1.29 is 24.1 Å². The van der Waals surface area contributed by atoms with Gasteiger partial charge in [-0.15, -0.1) is 0 Å². The predicted octanol–water partition coefficient (Wildman–Crippen LogP) is 2.60. The molecule has 5 nitrogen and oxygen atoms in total. The highest BCUT2D eigenvalue weighted by Gasteiger charge is 2.11. The van der Waals surface area contributed by atoms with Gasteiger partial charge in [-0.05, 0) is 23.8 Å². The number of carbonyl (C=O) groups is 1. The van der Waals surface area contributed by atoms with Crippen LogP contribution in [0.25, 0.3) is 6.08 Å². The summed E-state index contributed by atoms with van der Waals surface area (Å²) in [4.78, 5) is 10.5. The molecule has 1 aliphatic rings. The van der Waals surface area contributed by atoms with Crippen molar-refractivity contribution in [3.8, 4) is 11.5 Å². The van der Waals surface area contributed by atoms with E-state index in [-0.39, 0.29) is 12.6 Å². The van der Waals surface area contributed by atoms with Crippen LogP contribution in [-0.4, -0.2) is 25.0 Å². The van der Waals surface area contributed by atoms with Gasteiger partial charge in [0.15, 0.2) is 11.5 Å². The quantitative estimate of drug-likeness (QED) is 0.508. The summed E-state index contributed by atoms with van der Waals surface area (Å²) in [6.07, 6.45) is 7.91. The molecule has 1 aromatic rings. The molecule has 0 unspecified atom stereocenters. The number of carboxylic acid groups (broad SMARTS) is 1. The zero-order valence-corrected chi connectivity index (χ0v) is 10.9. The topological polar surface area (TPSA) is 65.0 Å². The van der Waals surface area contributed by atoms with Crippen LogP contribution in [0.15, 0.2) is 48.3 Å². The Bertz CT molecular complexity index is 584. The van der Waals surface area contributed by atoms with Gasteiger partial charge in [0.25, 0.3) is 0 Å². The number of methoxy groups -OCH3 is 1. The fourth-order valence-electron chi connectivity index (χ4n) is 1.63. The summed E-state index contributed by atoms with van der Waals surface area (Å²) in [6, 6.07) is 5.62. The van der Waals surface area contributed by atoms with Gasteiger partial charge in [0.1, 0.15) is 5.76 Å². The van der Waals surface area contributed by atoms with Gasteiger partial charge in [-0.3, -0.25) is 0 Å². The molecule has 1 N–H and O–H groups in total. The van der Waals surface area contributed by atoms with Crippen molar-refractivity contribution in [3.63, 3.8) is 0 Å². The Morgan fingerprint density at radius 3 is 2.85 bits per heavy atom. The van der Waals surface area contributed by atoms with E-state index >= 15 is 0 Å². The summed E-state index contributed by atoms with van der Waals surface area (Å²) < 4.78 is 15.4. The molecule has 0 spiro atoms. The first-order chi connectivity index (χ1) is 9.69. The van der Waals surface area contributed by atoms with Gasteiger partial charge in [-0.2, -0.15) is 0 Å². The monoisotopic (exact) mass is 274 g/mol. The molecule has 0 saturated carbocycles. The largest absolute Gasteiger partial charge is 0.496 e. The van der Waals surface area contributed by atoms with E-state index in [0.29, 0.717) is 0 Å². The standard InChI is InChI=1S/C15H14O5/c1-18-12(9-15(16)17)5-3-2-4-11-6-7-13-14(8-11)20-10-19-13/h2-9H,10H2,1H3,(H,16,17)/b4-2+,5-3+,12-9-. The first-order valence-corrected chi connectivity index (χ1v) is 5.92. The van der Waals surface area contributed by atoms with Crippen LogP contribution >= 0.6 is 0 Å². The third-order valence-electron chi connectivity index (χ3n) is 2.56. The number of aliphatic carboxylic acids is 1. The maximum Gasteiger partial charge on any atom is 0.332 e. The van der Waals surface area contributed by atoms with Crippen molar-refractivity contribution in [3.05, 3.63) is 53.8 Å². The van der Waals surface area contributed by atoms with Crippen molar-refractivity contribution in [2.24, 2.45) is 0 Å². The Morgan fingerprint density at radius 2 is 2.10 bits per heavy atom. The highest BCUT2D eigenvalue weighted by molar-refractivity contribution is 5.80. The molecule has 0 fully saturated rings. The number of hydrogen-bond donors (Lipinski definition) is 1. The second-order valence-electron chi connectivity index (χ2n) is 3.92. The van der Waals surface area contributed by atoms with E-state index in [1.807, 2.05) is 24.3 Å². The van der Waals surface area contributed by atoms with E-state index in [0.717, 1.165) is 23.1 Å². The number of allylic oxidation sites excluding steroid dienone is 3. The Kier molecular flexibility index (Phi) is 4.44. The molecule has 0 radical (unpaired) electrons. The molecule has 0 aliphatic carbocycles. The molecule has 0 bridgehead atoms. The minimum atomic E-state index is -1.05. The molecule has 104 valence electrons. The van der Waals surface area contributed by atoms with Crippen LogP contribution < -0.4 is 9.47 Å². The zero-order chi connectivity index (χ0) is 14.4. The van der Waals surface area contributed by atoms with Crippen molar-refractivity contribution in [1.82, 2.24) is 0 Å². The van der Waals surface area contributed by atoms with Gasteiger partial charge in [0.05, 0.1) is 13.2 Å². The van der Waals surface area contributed by atoms with E-state index in [9.17, 15) is 4.79 Å². The van der Waals surface area contributed by atoms with Crippen LogP contribution in [0.1, 0.15) is 5.56 Å². The van der Waals surface area contributed by atoms with Crippen LogP contribution in [0.4, 0.5) is 0 Å². The lowest BCUT2D eigenvalue weighted by atomic mass is 10.2. The molecule has 0 amide bonds. The molecule has 0 aromatic heterocycles. The smallest absolute Gasteiger partial charge is 0.332 e. The lowest BCUT2D eigenvalue weighted by Gasteiger charge is -1.97. The van der Waals surface area contributed by atoms with Gasteiger partial charge in [-0.25, -0.2) is 4.79 Å². The SMILES string of the molecule is COC(=C\C(=O)O)/C=C/C=C/c1ccc2c(c1)OCO2. The maximum absolute atomic E-state index is 10.5. The molecule has 20 heavy (non-hydrogen) atoms. The van der Waals surface area contributed by atoms with Crippen molar-refractivity contribution >= 4 is 12.0 Å². The van der Waals surface area contributed by atoms with Crippen LogP contribution in [0, 0.1) is 0 Å². The summed E-state index contributed by atoms with van der Waals surface area (Å²) in [5, 5.41) is 8.61. The van der Waals surface area contributed by atoms with Crippen molar-refractivity contribution in [2.45, 2.75) is 0 Å². The Labute approximate surface area is 116 Å². The van der Waals surface area contributed by atoms with Crippen LogP contribution in [0.3, 0.4) is 0 Å². The fraction of sp³-hybridized carbons (Fsp3) is 0.133. The molecule has 0 saturated heterocycles. The van der Waals surface area contributed by atoms with Crippen molar-refractivity contribution in [1.29, 1.82) is 0 Å². The van der Waals surface area contributed by atoms with Crippen LogP contribution in [0.5, 0.6) is 11.5 Å². The fourth-order valence-corrected chi connectivity index (χ4v) is 1.63. The first-order valence-electron chi connectivity index (χ1n) is 5.92. The third-order valence-corrected chi connectivity index (χ3v) is 2.56. The summed E-state index contributed by atoms with van der Waals surface area (Å²) in [6.45, 7) is 0.250. The third kappa shape index (κ3) is 3.65. The van der Waals surface area contributed by atoms with E-state index in [2.05, 4.69) is 0 Å². The second kappa shape index (κ2) is 6.47. The molecule has 1 aliphatic heterocycles. The Morgan fingerprint density at radius 1 is 1.30 bits per heavy atom. The number of carboxylic acids is 1. The molecule has 2 rings (SSSR count). The lowest BCUT2D eigenvalue weighted by molar-refractivity contribution is -0.131. The van der Waals surface area contributed by atoms with Gasteiger partial charge in [-0.1, -0.05) is 24.3 Å². The average molecular weight is 274 g/mol. The average Bonchev–Trinajstić information content (AvgIpc) is 2.89. The zero-order valence-electron chi connectivity index (χ0n) is 10.9. The number of benzene rings is 1. The number of rotatable bonds is 5. The summed E-state index contributed by atoms with van der Waals surface area (Å²) >= 11 is 0. The lowest BCUT2D eigenvalue weighted by Crippen LogP contribution is -1.92. The van der Waals surface area contributed by atoms with Gasteiger partial charge in [0.2, 0.25) is 6.79 Å².